The number of hydrogen-bond acceptors (Lipinski definition) is 7. The molecule has 0 fully saturated rings. The minimum atomic E-state index is -0.719. The van der Waals surface area contributed by atoms with E-state index in [-0.39, 0.29) is 47.9 Å². The smallest absolute Gasteiger partial charge is 0.375 e. The van der Waals surface area contributed by atoms with Gasteiger partial charge in [0, 0.05) is 6.07 Å². The highest BCUT2D eigenvalue weighted by Crippen LogP contribution is 2.27. The van der Waals surface area contributed by atoms with Gasteiger partial charge in [0.15, 0.2) is 0 Å². The highest BCUT2D eigenvalue weighted by atomic mass is 16.5. The first-order valence-corrected chi connectivity index (χ1v) is 9.67. The van der Waals surface area contributed by atoms with Gasteiger partial charge in [-0.1, -0.05) is 30.3 Å². The maximum atomic E-state index is 13.2. The van der Waals surface area contributed by atoms with Gasteiger partial charge in [0.1, 0.15) is 11.3 Å². The molecule has 0 aliphatic rings. The molecule has 0 spiro atoms. The Morgan fingerprint density at radius 3 is 2.40 bits per heavy atom. The molecule has 0 aliphatic carbocycles. The molecule has 30 heavy (non-hydrogen) atoms. The van der Waals surface area contributed by atoms with Crippen molar-refractivity contribution in [2.24, 2.45) is 0 Å². The predicted molar refractivity (Wildman–Crippen MR) is 111 cm³/mol. The van der Waals surface area contributed by atoms with Gasteiger partial charge in [-0.25, -0.2) is 4.79 Å². The number of benzene rings is 2. The van der Waals surface area contributed by atoms with Gasteiger partial charge in [-0.15, -0.1) is 0 Å². The number of carbonyl (C=O) groups is 2. The van der Waals surface area contributed by atoms with E-state index in [4.69, 9.17) is 18.6 Å². The number of fused-ring (bicyclic) bond motifs is 1. The first kappa shape index (κ1) is 21.1. The quantitative estimate of drug-likeness (QED) is 0.519. The van der Waals surface area contributed by atoms with Crippen LogP contribution in [-0.2, 0) is 14.3 Å². The van der Waals surface area contributed by atoms with E-state index >= 15 is 0 Å². The highest BCUT2D eigenvalue weighted by molar-refractivity contribution is 5.97. The minimum absolute atomic E-state index is 0.0941. The Balaban J connectivity index is 2.01. The Bertz CT molecular complexity index is 1100. The Morgan fingerprint density at radius 1 is 0.967 bits per heavy atom. The Morgan fingerprint density at radius 2 is 1.70 bits per heavy atom. The first-order valence-electron chi connectivity index (χ1n) is 9.67. The van der Waals surface area contributed by atoms with E-state index in [0.717, 1.165) is 0 Å². The van der Waals surface area contributed by atoms with Crippen LogP contribution in [-0.4, -0.2) is 31.8 Å². The van der Waals surface area contributed by atoms with Crippen LogP contribution in [0.5, 0.6) is 5.75 Å². The molecule has 0 N–H and O–H groups in total. The molecule has 2 aromatic carbocycles. The molecule has 3 rings (SSSR count). The first-order chi connectivity index (χ1) is 14.5. The second-order valence-electron chi connectivity index (χ2n) is 6.28. The van der Waals surface area contributed by atoms with E-state index in [1.165, 1.54) is 6.07 Å². The molecule has 0 bridgehead atoms. The molecular weight excluding hydrogens is 388 g/mol. The third-order valence-electron chi connectivity index (χ3n) is 4.27. The normalized spacial score (nSPS) is 10.6. The Hall–Kier alpha value is -3.61. The second-order valence-corrected chi connectivity index (χ2v) is 6.28. The monoisotopic (exact) mass is 410 g/mol. The zero-order chi connectivity index (χ0) is 21.5. The fourth-order valence-electron chi connectivity index (χ4n) is 2.96. The van der Waals surface area contributed by atoms with Crippen LogP contribution in [0.2, 0.25) is 0 Å². The summed E-state index contributed by atoms with van der Waals surface area (Å²) in [6.07, 6.45) is 0.0941. The number of rotatable bonds is 8. The van der Waals surface area contributed by atoms with Gasteiger partial charge < -0.3 is 18.6 Å². The van der Waals surface area contributed by atoms with Gasteiger partial charge >= 0.3 is 11.9 Å². The van der Waals surface area contributed by atoms with Crippen molar-refractivity contribution in [1.29, 1.82) is 0 Å². The third kappa shape index (κ3) is 4.68. The molecule has 3 aromatic rings. The summed E-state index contributed by atoms with van der Waals surface area (Å²) in [4.78, 5) is 37.1. The molecule has 0 radical (unpaired) electrons. The zero-order valence-corrected chi connectivity index (χ0v) is 16.8. The van der Waals surface area contributed by atoms with Gasteiger partial charge in [0.2, 0.25) is 11.2 Å². The maximum Gasteiger partial charge on any atom is 0.375 e. The van der Waals surface area contributed by atoms with E-state index in [9.17, 15) is 14.4 Å². The van der Waals surface area contributed by atoms with Crippen molar-refractivity contribution < 1.29 is 28.2 Å². The van der Waals surface area contributed by atoms with Crippen LogP contribution in [0.25, 0.3) is 22.1 Å². The van der Waals surface area contributed by atoms with Crippen LogP contribution in [0.4, 0.5) is 0 Å². The van der Waals surface area contributed by atoms with Gasteiger partial charge in [0.25, 0.3) is 0 Å². The largest absolute Gasteiger partial charge is 0.493 e. The number of carbonyl (C=O) groups excluding carboxylic acids is 2. The van der Waals surface area contributed by atoms with Crippen molar-refractivity contribution in [3.8, 4) is 16.9 Å². The molecule has 0 aliphatic heterocycles. The van der Waals surface area contributed by atoms with Crippen LogP contribution >= 0.6 is 0 Å². The topological polar surface area (TPSA) is 92.0 Å². The average Bonchev–Trinajstić information content (AvgIpc) is 2.74. The molecule has 7 heteroatoms. The SMILES string of the molecule is CCOC(=O)CCOc1ccc2c(=O)c(-c3ccccc3)c(C(=O)OCC)oc2c1. The van der Waals surface area contributed by atoms with Crippen molar-refractivity contribution in [3.05, 3.63) is 64.5 Å². The lowest BCUT2D eigenvalue weighted by Gasteiger charge is -2.11. The summed E-state index contributed by atoms with van der Waals surface area (Å²) in [6.45, 7) is 3.97. The van der Waals surface area contributed by atoms with E-state index in [1.807, 2.05) is 6.07 Å². The molecule has 0 unspecified atom stereocenters. The summed E-state index contributed by atoms with van der Waals surface area (Å²) in [6, 6.07) is 13.5. The van der Waals surface area contributed by atoms with E-state index < -0.39 is 5.97 Å². The van der Waals surface area contributed by atoms with Crippen LogP contribution in [0, 0.1) is 0 Å². The van der Waals surface area contributed by atoms with Gasteiger partial charge in [-0.3, -0.25) is 9.59 Å². The highest BCUT2D eigenvalue weighted by Gasteiger charge is 2.23. The summed E-state index contributed by atoms with van der Waals surface area (Å²) >= 11 is 0. The zero-order valence-electron chi connectivity index (χ0n) is 16.8. The predicted octanol–water partition coefficient (Wildman–Crippen LogP) is 3.97. The second kappa shape index (κ2) is 9.73. The molecule has 1 heterocycles. The Labute approximate surface area is 173 Å². The molecule has 0 saturated heterocycles. The fourth-order valence-corrected chi connectivity index (χ4v) is 2.96. The lowest BCUT2D eigenvalue weighted by molar-refractivity contribution is -0.143. The van der Waals surface area contributed by atoms with Crippen molar-refractivity contribution >= 4 is 22.9 Å². The van der Waals surface area contributed by atoms with Gasteiger partial charge in [-0.2, -0.15) is 0 Å². The summed E-state index contributed by atoms with van der Waals surface area (Å²) in [5, 5.41) is 0.305. The molecule has 0 saturated carbocycles. The lowest BCUT2D eigenvalue weighted by atomic mass is 10.0. The minimum Gasteiger partial charge on any atom is -0.493 e. The average molecular weight is 410 g/mol. The van der Waals surface area contributed by atoms with E-state index in [0.29, 0.717) is 23.3 Å². The van der Waals surface area contributed by atoms with E-state index in [2.05, 4.69) is 0 Å². The van der Waals surface area contributed by atoms with Gasteiger partial charge in [-0.05, 0) is 31.5 Å². The molecular formula is C23H22O7. The summed E-state index contributed by atoms with van der Waals surface area (Å²) < 4.78 is 21.3. The summed E-state index contributed by atoms with van der Waals surface area (Å²) in [5.41, 5.74) is 0.559. The maximum absolute atomic E-state index is 13.2. The van der Waals surface area contributed by atoms with Crippen LogP contribution in [0.15, 0.2) is 57.7 Å². The van der Waals surface area contributed by atoms with Crippen molar-refractivity contribution in [2.45, 2.75) is 20.3 Å². The van der Waals surface area contributed by atoms with Gasteiger partial charge in [0.05, 0.1) is 37.2 Å². The standard InChI is InChI=1S/C23H22O7/c1-3-27-19(24)12-13-29-16-10-11-17-18(14-16)30-22(23(26)28-4-2)20(21(17)25)15-8-6-5-7-9-15/h5-11,14H,3-4,12-13H2,1-2H3. The molecule has 156 valence electrons. The molecule has 0 amide bonds. The lowest BCUT2D eigenvalue weighted by Crippen LogP contribution is -2.15. The van der Waals surface area contributed by atoms with E-state index in [1.54, 1.807) is 50.2 Å². The van der Waals surface area contributed by atoms with Crippen LogP contribution < -0.4 is 10.2 Å². The molecule has 1 aromatic heterocycles. The number of ether oxygens (including phenoxy) is 3. The van der Waals surface area contributed by atoms with Crippen LogP contribution in [0.3, 0.4) is 0 Å². The third-order valence-corrected chi connectivity index (χ3v) is 4.27. The summed E-state index contributed by atoms with van der Waals surface area (Å²) in [7, 11) is 0. The number of esters is 2. The summed E-state index contributed by atoms with van der Waals surface area (Å²) in [5.74, 6) is -0.840. The van der Waals surface area contributed by atoms with Crippen molar-refractivity contribution in [3.63, 3.8) is 0 Å². The van der Waals surface area contributed by atoms with Crippen molar-refractivity contribution in [1.82, 2.24) is 0 Å². The van der Waals surface area contributed by atoms with Crippen LogP contribution in [0.1, 0.15) is 30.8 Å². The Kier molecular flexibility index (Phi) is 6.85. The van der Waals surface area contributed by atoms with Crippen molar-refractivity contribution in [2.75, 3.05) is 19.8 Å². The molecule has 0 atom stereocenters. The fraction of sp³-hybridized carbons (Fsp3) is 0.261. The number of hydrogen-bond donors (Lipinski definition) is 0. The molecule has 7 nitrogen and oxygen atoms in total.